The van der Waals surface area contributed by atoms with E-state index in [0.717, 1.165) is 17.3 Å². The Kier molecular flexibility index (Phi) is 4.39. The Bertz CT molecular complexity index is 1120. The van der Waals surface area contributed by atoms with Crippen LogP contribution in [-0.4, -0.2) is 33.4 Å². The highest BCUT2D eigenvalue weighted by Crippen LogP contribution is 2.33. The number of ketones is 2. The molecule has 0 atom stereocenters. The van der Waals surface area contributed by atoms with E-state index in [2.05, 4.69) is 26.2 Å². The molecular formula is C20H16BrN3O3. The lowest BCUT2D eigenvalue weighted by Gasteiger charge is -2.14. The summed E-state index contributed by atoms with van der Waals surface area (Å²) in [6.07, 6.45) is 4.96. The molecule has 1 aliphatic rings. The largest absolute Gasteiger partial charge is 0.352 e. The summed E-state index contributed by atoms with van der Waals surface area (Å²) in [6.45, 7) is 2.55. The number of aromatic nitrogens is 2. The van der Waals surface area contributed by atoms with E-state index in [1.807, 2.05) is 6.92 Å². The molecule has 136 valence electrons. The fourth-order valence-electron chi connectivity index (χ4n) is 3.39. The van der Waals surface area contributed by atoms with Crippen molar-refractivity contribution < 1.29 is 14.4 Å². The summed E-state index contributed by atoms with van der Waals surface area (Å²) >= 11 is 3.39. The molecule has 0 fully saturated rings. The first-order chi connectivity index (χ1) is 13.0. The normalized spacial score (nSPS) is 12.8. The van der Waals surface area contributed by atoms with Crippen molar-refractivity contribution in [3.8, 4) is 0 Å². The molecule has 27 heavy (non-hydrogen) atoms. The summed E-state index contributed by atoms with van der Waals surface area (Å²) in [6, 6.07) is 6.70. The maximum Gasteiger partial charge on any atom is 0.254 e. The van der Waals surface area contributed by atoms with Gasteiger partial charge in [0.15, 0.2) is 5.78 Å². The number of hydrogen-bond donors (Lipinski definition) is 1. The molecule has 1 N–H and O–H groups in total. The van der Waals surface area contributed by atoms with E-state index in [9.17, 15) is 14.4 Å². The van der Waals surface area contributed by atoms with Crippen LogP contribution in [0.2, 0.25) is 0 Å². The molecule has 0 aliphatic heterocycles. The standard InChI is InChI=1S/C20H16BrN3O3/c1-2-3-8-23-20(27)14-13-7-6-11(21)10-24(13)17-15(14)18(25)12-5-4-9-22-16(12)19(17)26/h4-7,9-10H,2-3,8H2,1H3,(H,23,27). The van der Waals surface area contributed by atoms with Gasteiger partial charge < -0.3 is 9.72 Å². The smallest absolute Gasteiger partial charge is 0.254 e. The number of amides is 1. The molecule has 3 aromatic heterocycles. The number of halogens is 1. The van der Waals surface area contributed by atoms with E-state index in [0.29, 0.717) is 12.1 Å². The van der Waals surface area contributed by atoms with Gasteiger partial charge in [-0.3, -0.25) is 19.4 Å². The maximum atomic E-state index is 13.2. The Balaban J connectivity index is 1.98. The van der Waals surface area contributed by atoms with Crippen molar-refractivity contribution >= 4 is 38.9 Å². The summed E-state index contributed by atoms with van der Waals surface area (Å²) in [4.78, 5) is 43.3. The quantitative estimate of drug-likeness (QED) is 0.508. The molecule has 0 unspecified atom stereocenters. The predicted octanol–water partition coefficient (Wildman–Crippen LogP) is 3.40. The number of pyridine rings is 2. The minimum absolute atomic E-state index is 0.118. The van der Waals surface area contributed by atoms with Crippen LogP contribution in [0.4, 0.5) is 0 Å². The van der Waals surface area contributed by atoms with Crippen LogP contribution in [0.15, 0.2) is 41.1 Å². The van der Waals surface area contributed by atoms with Crippen LogP contribution in [0.1, 0.15) is 62.2 Å². The number of nitrogens with one attached hydrogen (secondary N) is 1. The maximum absolute atomic E-state index is 13.2. The number of rotatable bonds is 4. The third-order valence-electron chi connectivity index (χ3n) is 4.65. The molecule has 0 radical (unpaired) electrons. The highest BCUT2D eigenvalue weighted by molar-refractivity contribution is 9.10. The summed E-state index contributed by atoms with van der Waals surface area (Å²) in [5, 5.41) is 2.86. The van der Waals surface area contributed by atoms with Crippen molar-refractivity contribution in [2.45, 2.75) is 19.8 Å². The van der Waals surface area contributed by atoms with Crippen LogP contribution in [-0.2, 0) is 0 Å². The predicted molar refractivity (Wildman–Crippen MR) is 103 cm³/mol. The van der Waals surface area contributed by atoms with Crippen LogP contribution in [0.5, 0.6) is 0 Å². The number of nitrogens with zero attached hydrogens (tertiary/aromatic N) is 2. The fourth-order valence-corrected chi connectivity index (χ4v) is 3.72. The Labute approximate surface area is 163 Å². The summed E-state index contributed by atoms with van der Waals surface area (Å²) in [7, 11) is 0. The second-order valence-electron chi connectivity index (χ2n) is 6.37. The Morgan fingerprint density at radius 3 is 2.81 bits per heavy atom. The molecule has 6 nitrogen and oxygen atoms in total. The number of hydrogen-bond acceptors (Lipinski definition) is 4. The number of fused-ring (bicyclic) bond motifs is 4. The zero-order chi connectivity index (χ0) is 19.1. The summed E-state index contributed by atoms with van der Waals surface area (Å²) < 4.78 is 2.34. The van der Waals surface area contributed by atoms with E-state index < -0.39 is 0 Å². The van der Waals surface area contributed by atoms with Gasteiger partial charge in [0.05, 0.1) is 22.2 Å². The van der Waals surface area contributed by atoms with Crippen LogP contribution in [0.25, 0.3) is 5.52 Å². The minimum Gasteiger partial charge on any atom is -0.352 e. The van der Waals surface area contributed by atoms with E-state index in [-0.39, 0.29) is 45.6 Å². The van der Waals surface area contributed by atoms with Crippen molar-refractivity contribution in [3.05, 3.63) is 69.2 Å². The van der Waals surface area contributed by atoms with Crippen LogP contribution < -0.4 is 5.32 Å². The minimum atomic E-state index is -0.360. The average molecular weight is 426 g/mol. The van der Waals surface area contributed by atoms with Gasteiger partial charge in [-0.15, -0.1) is 0 Å². The third-order valence-corrected chi connectivity index (χ3v) is 5.12. The number of carbonyl (C=O) groups excluding carboxylic acids is 3. The van der Waals surface area contributed by atoms with Gasteiger partial charge in [-0.2, -0.15) is 0 Å². The first-order valence-corrected chi connectivity index (χ1v) is 9.50. The van der Waals surface area contributed by atoms with Crippen LogP contribution in [0.3, 0.4) is 0 Å². The van der Waals surface area contributed by atoms with Gasteiger partial charge in [-0.05, 0) is 46.6 Å². The highest BCUT2D eigenvalue weighted by atomic mass is 79.9. The number of carbonyl (C=O) groups is 3. The molecule has 3 heterocycles. The molecule has 0 spiro atoms. The highest BCUT2D eigenvalue weighted by Gasteiger charge is 2.38. The second-order valence-corrected chi connectivity index (χ2v) is 7.28. The Morgan fingerprint density at radius 1 is 1.22 bits per heavy atom. The number of unbranched alkanes of at least 4 members (excludes halogenated alkanes) is 1. The van der Waals surface area contributed by atoms with E-state index in [4.69, 9.17) is 0 Å². The van der Waals surface area contributed by atoms with Gasteiger partial charge in [-0.25, -0.2) is 0 Å². The molecule has 4 rings (SSSR count). The summed E-state index contributed by atoms with van der Waals surface area (Å²) in [5.41, 5.74) is 1.43. The molecule has 0 saturated heterocycles. The van der Waals surface area contributed by atoms with Crippen molar-refractivity contribution in [1.82, 2.24) is 14.7 Å². The van der Waals surface area contributed by atoms with Crippen molar-refractivity contribution in [2.75, 3.05) is 6.54 Å². The van der Waals surface area contributed by atoms with E-state index in [1.165, 1.54) is 6.20 Å². The molecular weight excluding hydrogens is 410 g/mol. The van der Waals surface area contributed by atoms with Gasteiger partial charge in [0, 0.05) is 23.4 Å². The van der Waals surface area contributed by atoms with E-state index in [1.54, 1.807) is 34.9 Å². The molecule has 0 aromatic carbocycles. The van der Waals surface area contributed by atoms with Gasteiger partial charge >= 0.3 is 0 Å². The van der Waals surface area contributed by atoms with Gasteiger partial charge in [0.2, 0.25) is 5.78 Å². The monoisotopic (exact) mass is 425 g/mol. The van der Waals surface area contributed by atoms with Gasteiger partial charge in [0.1, 0.15) is 11.4 Å². The zero-order valence-electron chi connectivity index (χ0n) is 14.6. The Hall–Kier alpha value is -2.80. The van der Waals surface area contributed by atoms with Crippen LogP contribution >= 0.6 is 15.9 Å². The molecule has 3 aromatic rings. The van der Waals surface area contributed by atoms with Gasteiger partial charge in [0.25, 0.3) is 5.91 Å². The molecule has 7 heteroatoms. The van der Waals surface area contributed by atoms with E-state index >= 15 is 0 Å². The van der Waals surface area contributed by atoms with Crippen LogP contribution in [0, 0.1) is 0 Å². The average Bonchev–Trinajstić information content (AvgIpc) is 3.01. The lowest BCUT2D eigenvalue weighted by Crippen LogP contribution is -2.28. The summed E-state index contributed by atoms with van der Waals surface area (Å²) in [5.74, 6) is -1.06. The Morgan fingerprint density at radius 2 is 2.04 bits per heavy atom. The van der Waals surface area contributed by atoms with Gasteiger partial charge in [-0.1, -0.05) is 13.3 Å². The van der Waals surface area contributed by atoms with Crippen molar-refractivity contribution in [3.63, 3.8) is 0 Å². The molecule has 1 aliphatic carbocycles. The lowest BCUT2D eigenvalue weighted by atomic mass is 9.89. The second kappa shape index (κ2) is 6.74. The molecule has 0 bridgehead atoms. The lowest BCUT2D eigenvalue weighted by molar-refractivity contribution is 0.0939. The molecule has 0 saturated carbocycles. The third kappa shape index (κ3) is 2.70. The SMILES string of the molecule is CCCCNC(=O)c1c2c(n3cc(Br)ccc13)C(=O)c1ncccc1C2=O. The first kappa shape index (κ1) is 17.6. The zero-order valence-corrected chi connectivity index (χ0v) is 16.2. The first-order valence-electron chi connectivity index (χ1n) is 8.70. The topological polar surface area (TPSA) is 80.5 Å². The van der Waals surface area contributed by atoms with Crippen molar-refractivity contribution in [2.24, 2.45) is 0 Å². The fraction of sp³-hybridized carbons (Fsp3) is 0.200. The van der Waals surface area contributed by atoms with Crippen molar-refractivity contribution in [1.29, 1.82) is 0 Å². The molecule has 1 amide bonds.